The van der Waals surface area contributed by atoms with E-state index < -0.39 is 0 Å². The molecule has 2 aromatic rings. The predicted octanol–water partition coefficient (Wildman–Crippen LogP) is 5.66. The van der Waals surface area contributed by atoms with Gasteiger partial charge in [-0.15, -0.1) is 6.58 Å². The molecule has 0 aliphatic carbocycles. The second kappa shape index (κ2) is 9.61. The number of benzene rings is 2. The second-order valence-electron chi connectivity index (χ2n) is 6.13. The highest BCUT2D eigenvalue weighted by molar-refractivity contribution is 5.83. The Morgan fingerprint density at radius 1 is 0.917 bits per heavy atom. The normalized spacial score (nSPS) is 11.4. The van der Waals surface area contributed by atoms with Crippen LogP contribution in [0, 0.1) is 13.8 Å². The summed E-state index contributed by atoms with van der Waals surface area (Å²) >= 11 is 0. The average molecular weight is 318 g/mol. The molecule has 0 N–H and O–H groups in total. The fraction of sp³-hybridized carbons (Fsp3) is 0.273. The van der Waals surface area contributed by atoms with Crippen LogP contribution in [0.3, 0.4) is 0 Å². The molecule has 0 aliphatic heterocycles. The van der Waals surface area contributed by atoms with E-state index in [0.717, 1.165) is 24.0 Å². The molecule has 2 aromatic carbocycles. The molecule has 2 rings (SSSR count). The number of allylic oxidation sites excluding steroid dienone is 1. The first-order valence-electron chi connectivity index (χ1n) is 8.52. The lowest BCUT2D eigenvalue weighted by molar-refractivity contribution is 0.748. The lowest BCUT2D eigenvalue weighted by Gasteiger charge is -2.01. The molecule has 24 heavy (non-hydrogen) atoms. The van der Waals surface area contributed by atoms with Gasteiger partial charge in [-0.25, -0.2) is 0 Å². The molecule has 0 amide bonds. The Morgan fingerprint density at radius 3 is 2.38 bits per heavy atom. The number of unbranched alkanes of at least 4 members (excludes halogenated alkanes) is 2. The Morgan fingerprint density at radius 2 is 1.67 bits per heavy atom. The first kappa shape index (κ1) is 17.9. The van der Waals surface area contributed by atoms with Crippen molar-refractivity contribution >= 4 is 12.4 Å². The van der Waals surface area contributed by atoms with Crippen LogP contribution >= 0.6 is 0 Å². The predicted molar refractivity (Wildman–Crippen MR) is 105 cm³/mol. The van der Waals surface area contributed by atoms with Gasteiger partial charge in [0.15, 0.2) is 0 Å². The van der Waals surface area contributed by atoms with Crippen LogP contribution in [0.1, 0.15) is 47.1 Å². The summed E-state index contributed by atoms with van der Waals surface area (Å²) in [6.45, 7) is 7.94. The standard InChI is InChI=1S/C22H26N2/c1-4-5-6-7-8-20-10-12-21(13-11-20)16-23-24-17-22-14-9-18(2)15-19(22)3/h4,9-17H,1,5-8H2,2-3H3. The molecule has 0 aliphatic rings. The van der Waals surface area contributed by atoms with E-state index in [1.54, 1.807) is 12.4 Å². The van der Waals surface area contributed by atoms with Crippen LogP contribution < -0.4 is 0 Å². The first-order valence-corrected chi connectivity index (χ1v) is 8.52. The van der Waals surface area contributed by atoms with Crippen LogP contribution in [-0.2, 0) is 6.42 Å². The van der Waals surface area contributed by atoms with Gasteiger partial charge in [0.2, 0.25) is 0 Å². The van der Waals surface area contributed by atoms with Gasteiger partial charge in [0.05, 0.1) is 12.4 Å². The Kier molecular flexibility index (Phi) is 7.16. The molecule has 0 heterocycles. The summed E-state index contributed by atoms with van der Waals surface area (Å²) in [6, 6.07) is 14.8. The number of nitrogens with zero attached hydrogens (tertiary/aromatic N) is 2. The quantitative estimate of drug-likeness (QED) is 0.260. The fourth-order valence-corrected chi connectivity index (χ4v) is 2.55. The SMILES string of the molecule is C=CCCCCc1ccc(C=NN=Cc2ccc(C)cc2C)cc1. The zero-order valence-corrected chi connectivity index (χ0v) is 14.7. The van der Waals surface area contributed by atoms with E-state index in [1.165, 1.54) is 29.5 Å². The van der Waals surface area contributed by atoms with Crippen LogP contribution in [-0.4, -0.2) is 12.4 Å². The van der Waals surface area contributed by atoms with Crippen molar-refractivity contribution in [2.24, 2.45) is 10.2 Å². The molecule has 0 unspecified atom stereocenters. The lowest BCUT2D eigenvalue weighted by atomic mass is 10.1. The topological polar surface area (TPSA) is 24.7 Å². The van der Waals surface area contributed by atoms with Gasteiger partial charge in [0, 0.05) is 0 Å². The minimum atomic E-state index is 1.07. The summed E-state index contributed by atoms with van der Waals surface area (Å²) in [5, 5.41) is 8.30. The van der Waals surface area contributed by atoms with Crippen molar-refractivity contribution in [2.45, 2.75) is 39.5 Å². The highest BCUT2D eigenvalue weighted by atomic mass is 15.2. The van der Waals surface area contributed by atoms with Crippen LogP contribution in [0.4, 0.5) is 0 Å². The van der Waals surface area contributed by atoms with Gasteiger partial charge in [-0.1, -0.05) is 54.1 Å². The van der Waals surface area contributed by atoms with Crippen molar-refractivity contribution in [2.75, 3.05) is 0 Å². The highest BCUT2D eigenvalue weighted by Crippen LogP contribution is 2.09. The van der Waals surface area contributed by atoms with Gasteiger partial charge in [-0.3, -0.25) is 0 Å². The molecule has 2 heteroatoms. The van der Waals surface area contributed by atoms with E-state index in [-0.39, 0.29) is 0 Å². The summed E-state index contributed by atoms with van der Waals surface area (Å²) in [5.41, 5.74) is 6.03. The van der Waals surface area contributed by atoms with E-state index in [0.29, 0.717) is 0 Å². The number of rotatable bonds is 8. The Balaban J connectivity index is 1.87. The maximum absolute atomic E-state index is 4.15. The molecule has 0 radical (unpaired) electrons. The van der Waals surface area contributed by atoms with Gasteiger partial charge in [0.1, 0.15) is 0 Å². The molecule has 0 saturated heterocycles. The fourth-order valence-electron chi connectivity index (χ4n) is 2.55. The van der Waals surface area contributed by atoms with Crippen LogP contribution in [0.5, 0.6) is 0 Å². The monoisotopic (exact) mass is 318 g/mol. The second-order valence-corrected chi connectivity index (χ2v) is 6.13. The molecular weight excluding hydrogens is 292 g/mol. The zero-order chi connectivity index (χ0) is 17.2. The Bertz CT molecular complexity index is 709. The maximum Gasteiger partial charge on any atom is 0.0570 e. The van der Waals surface area contributed by atoms with Crippen molar-refractivity contribution in [3.8, 4) is 0 Å². The van der Waals surface area contributed by atoms with Crippen LogP contribution in [0.25, 0.3) is 0 Å². The van der Waals surface area contributed by atoms with E-state index >= 15 is 0 Å². The highest BCUT2D eigenvalue weighted by Gasteiger charge is 1.95. The lowest BCUT2D eigenvalue weighted by Crippen LogP contribution is -1.88. The zero-order valence-electron chi connectivity index (χ0n) is 14.7. The molecule has 0 bridgehead atoms. The number of hydrogen-bond donors (Lipinski definition) is 0. The Labute approximate surface area is 145 Å². The third-order valence-corrected chi connectivity index (χ3v) is 4.00. The summed E-state index contributed by atoms with van der Waals surface area (Å²) in [6.07, 6.45) is 10.2. The van der Waals surface area contributed by atoms with Gasteiger partial charge in [-0.05, 0) is 61.8 Å². The van der Waals surface area contributed by atoms with Gasteiger partial charge < -0.3 is 0 Å². The third-order valence-electron chi connectivity index (χ3n) is 4.00. The minimum absolute atomic E-state index is 1.07. The van der Waals surface area contributed by atoms with Gasteiger partial charge in [-0.2, -0.15) is 10.2 Å². The smallest absolute Gasteiger partial charge is 0.0570 e. The molecule has 2 nitrogen and oxygen atoms in total. The third kappa shape index (κ3) is 5.96. The van der Waals surface area contributed by atoms with Crippen LogP contribution in [0.15, 0.2) is 65.3 Å². The molecule has 0 aromatic heterocycles. The molecule has 124 valence electrons. The largest absolute Gasteiger partial charge is 0.159 e. The first-order chi connectivity index (χ1) is 11.7. The minimum Gasteiger partial charge on any atom is -0.159 e. The average Bonchev–Trinajstić information content (AvgIpc) is 2.58. The van der Waals surface area contributed by atoms with Crippen molar-refractivity contribution in [3.05, 3.63) is 82.9 Å². The number of hydrogen-bond acceptors (Lipinski definition) is 2. The summed E-state index contributed by atoms with van der Waals surface area (Å²) in [7, 11) is 0. The van der Waals surface area contributed by atoms with E-state index in [9.17, 15) is 0 Å². The van der Waals surface area contributed by atoms with Crippen molar-refractivity contribution in [1.82, 2.24) is 0 Å². The molecule has 0 saturated carbocycles. The Hall–Kier alpha value is -2.48. The molecule has 0 atom stereocenters. The van der Waals surface area contributed by atoms with Crippen molar-refractivity contribution in [3.63, 3.8) is 0 Å². The van der Waals surface area contributed by atoms with E-state index in [2.05, 4.69) is 73.1 Å². The van der Waals surface area contributed by atoms with Crippen molar-refractivity contribution in [1.29, 1.82) is 0 Å². The van der Waals surface area contributed by atoms with Crippen molar-refractivity contribution < 1.29 is 0 Å². The molecule has 0 fully saturated rings. The maximum atomic E-state index is 4.15. The summed E-state index contributed by atoms with van der Waals surface area (Å²) in [4.78, 5) is 0. The van der Waals surface area contributed by atoms with E-state index in [1.807, 2.05) is 6.08 Å². The van der Waals surface area contributed by atoms with Gasteiger partial charge in [0.25, 0.3) is 0 Å². The molecular formula is C22H26N2. The molecule has 0 spiro atoms. The van der Waals surface area contributed by atoms with E-state index in [4.69, 9.17) is 0 Å². The summed E-state index contributed by atoms with van der Waals surface area (Å²) < 4.78 is 0. The van der Waals surface area contributed by atoms with Crippen LogP contribution in [0.2, 0.25) is 0 Å². The summed E-state index contributed by atoms with van der Waals surface area (Å²) in [5.74, 6) is 0. The van der Waals surface area contributed by atoms with Gasteiger partial charge >= 0.3 is 0 Å². The number of aryl methyl sites for hydroxylation is 3.